The van der Waals surface area contributed by atoms with Crippen LogP contribution in [0.4, 0.5) is 5.95 Å². The largest absolute Gasteiger partial charge is 0.339 e. The van der Waals surface area contributed by atoms with E-state index in [1.165, 1.54) is 0 Å². The normalized spacial score (nSPS) is 18.4. The van der Waals surface area contributed by atoms with E-state index in [9.17, 15) is 0 Å². The Kier molecular flexibility index (Phi) is 3.47. The monoisotopic (exact) mass is 292 g/mol. The van der Waals surface area contributed by atoms with Gasteiger partial charge in [0.25, 0.3) is 0 Å². The van der Waals surface area contributed by atoms with Gasteiger partial charge in [0.2, 0.25) is 5.95 Å². The van der Waals surface area contributed by atoms with Crippen LogP contribution in [0.2, 0.25) is 0 Å². The van der Waals surface area contributed by atoms with Gasteiger partial charge in [-0.1, -0.05) is 6.92 Å². The molecule has 0 aromatic carbocycles. The second-order valence-corrected chi connectivity index (χ2v) is 6.96. The Labute approximate surface area is 122 Å². The Balaban J connectivity index is 1.72. The quantitative estimate of drug-likeness (QED) is 0.901. The Hall–Kier alpha value is -1.47. The maximum Gasteiger partial charge on any atom is 0.245 e. The molecule has 108 valence electrons. The number of aromatic nitrogens is 4. The summed E-state index contributed by atoms with van der Waals surface area (Å²) in [5, 5.41) is 8.38. The number of H-pyrrole nitrogens is 1. The summed E-state index contributed by atoms with van der Waals surface area (Å²) >= 11 is 1.62. The van der Waals surface area contributed by atoms with Crippen LogP contribution in [0.25, 0.3) is 10.7 Å². The smallest absolute Gasteiger partial charge is 0.245 e. The number of aromatic amines is 1. The Morgan fingerprint density at radius 3 is 2.80 bits per heavy atom. The molecule has 0 spiro atoms. The fraction of sp³-hybridized carbons (Fsp3) is 0.615. The number of piperidine rings is 1. The summed E-state index contributed by atoms with van der Waals surface area (Å²) in [4.78, 5) is 12.1. The molecule has 3 heterocycles. The Bertz CT molecular complexity index is 581. The average Bonchev–Trinajstić information content (AvgIpc) is 3.08. The first-order chi connectivity index (χ1) is 9.59. The van der Waals surface area contributed by atoms with Gasteiger partial charge in [0.15, 0.2) is 5.82 Å². The summed E-state index contributed by atoms with van der Waals surface area (Å²) in [7, 11) is 0. The van der Waals surface area contributed by atoms with Crippen molar-refractivity contribution in [1.29, 1.82) is 0 Å². The lowest BCUT2D eigenvalue weighted by Crippen LogP contribution is -2.42. The van der Waals surface area contributed by atoms with Gasteiger partial charge in [0.1, 0.15) is 0 Å². The summed E-state index contributed by atoms with van der Waals surface area (Å²) in [6.45, 7) is 6.93. The van der Waals surface area contributed by atoms with E-state index in [1.54, 1.807) is 11.3 Å². The molecule has 7 heteroatoms. The molecule has 0 amide bonds. The Morgan fingerprint density at radius 1 is 1.45 bits per heavy atom. The van der Waals surface area contributed by atoms with Crippen LogP contribution < -0.4 is 10.6 Å². The zero-order valence-corrected chi connectivity index (χ0v) is 12.7. The summed E-state index contributed by atoms with van der Waals surface area (Å²) in [5.74, 6) is 1.59. The molecule has 3 rings (SSSR count). The van der Waals surface area contributed by atoms with Gasteiger partial charge in [0, 0.05) is 19.3 Å². The molecule has 1 saturated heterocycles. The zero-order chi connectivity index (χ0) is 14.2. The van der Waals surface area contributed by atoms with Gasteiger partial charge in [-0.3, -0.25) is 5.10 Å². The van der Waals surface area contributed by atoms with Gasteiger partial charge in [-0.15, -0.1) is 16.4 Å². The van der Waals surface area contributed by atoms with E-state index >= 15 is 0 Å². The molecule has 6 nitrogen and oxygen atoms in total. The number of nitrogens with two attached hydrogens (primary N) is 1. The minimum absolute atomic E-state index is 0.268. The van der Waals surface area contributed by atoms with Crippen molar-refractivity contribution in [2.45, 2.75) is 26.7 Å². The molecule has 2 aromatic rings. The van der Waals surface area contributed by atoms with Crippen LogP contribution in [0.5, 0.6) is 0 Å². The van der Waals surface area contributed by atoms with Gasteiger partial charge >= 0.3 is 0 Å². The highest BCUT2D eigenvalue weighted by Gasteiger charge is 2.30. The van der Waals surface area contributed by atoms with Gasteiger partial charge in [-0.2, -0.15) is 4.98 Å². The highest BCUT2D eigenvalue weighted by atomic mass is 32.1. The summed E-state index contributed by atoms with van der Waals surface area (Å²) < 4.78 is 0. The van der Waals surface area contributed by atoms with Gasteiger partial charge in [-0.25, -0.2) is 4.98 Å². The minimum atomic E-state index is 0.268. The number of rotatable bonds is 3. The first-order valence-corrected chi connectivity index (χ1v) is 7.71. The fourth-order valence-electron chi connectivity index (χ4n) is 2.43. The summed E-state index contributed by atoms with van der Waals surface area (Å²) in [6, 6.07) is 0. The van der Waals surface area contributed by atoms with E-state index in [-0.39, 0.29) is 5.41 Å². The minimum Gasteiger partial charge on any atom is -0.339 e. The van der Waals surface area contributed by atoms with E-state index in [0.29, 0.717) is 0 Å². The number of thiazole rings is 1. The highest BCUT2D eigenvalue weighted by Crippen LogP contribution is 2.31. The molecule has 3 N–H and O–H groups in total. The van der Waals surface area contributed by atoms with Crippen molar-refractivity contribution >= 4 is 17.3 Å². The molecular weight excluding hydrogens is 272 g/mol. The van der Waals surface area contributed by atoms with Crippen LogP contribution >= 0.6 is 11.3 Å². The van der Waals surface area contributed by atoms with Crippen LogP contribution in [-0.4, -0.2) is 39.8 Å². The third-order valence-corrected chi connectivity index (χ3v) is 4.99. The molecule has 0 unspecified atom stereocenters. The van der Waals surface area contributed by atoms with Crippen LogP contribution in [0.3, 0.4) is 0 Å². The third-order valence-electron chi connectivity index (χ3n) is 4.07. The number of anilines is 1. The van der Waals surface area contributed by atoms with Crippen LogP contribution in [0, 0.1) is 12.3 Å². The first kappa shape index (κ1) is 13.5. The summed E-state index contributed by atoms with van der Waals surface area (Å²) in [5.41, 5.74) is 6.11. The van der Waals surface area contributed by atoms with Crippen LogP contribution in [0.15, 0.2) is 6.20 Å². The van der Waals surface area contributed by atoms with E-state index in [2.05, 4.69) is 32.0 Å². The summed E-state index contributed by atoms with van der Waals surface area (Å²) in [6.07, 6.45) is 4.02. The van der Waals surface area contributed by atoms with Crippen molar-refractivity contribution in [3.05, 3.63) is 11.2 Å². The fourth-order valence-corrected chi connectivity index (χ4v) is 3.14. The van der Waals surface area contributed by atoms with Gasteiger partial charge in [0.05, 0.1) is 9.88 Å². The molecule has 0 aliphatic carbocycles. The predicted molar refractivity (Wildman–Crippen MR) is 80.8 cm³/mol. The van der Waals surface area contributed by atoms with Crippen LogP contribution in [0.1, 0.15) is 24.8 Å². The van der Waals surface area contributed by atoms with Crippen molar-refractivity contribution in [1.82, 2.24) is 20.2 Å². The number of nitrogens with one attached hydrogen (secondary N) is 1. The lowest BCUT2D eigenvalue weighted by Gasteiger charge is -2.38. The predicted octanol–water partition coefficient (Wildman–Crippen LogP) is 1.80. The van der Waals surface area contributed by atoms with Gasteiger partial charge in [-0.05, 0) is 31.7 Å². The molecule has 0 bridgehead atoms. The SMILES string of the molecule is Cc1ncc(-c2nc(N3CCC(C)(CN)CC3)n[nH]2)s1. The standard InChI is InChI=1S/C13H20N6S/c1-9-15-7-10(20-9)11-16-12(18-17-11)19-5-3-13(2,8-14)4-6-19/h7H,3-6,8,14H2,1-2H3,(H,16,17,18). The average molecular weight is 292 g/mol. The van der Waals surface area contributed by atoms with E-state index in [1.807, 2.05) is 13.1 Å². The molecular formula is C13H20N6S. The first-order valence-electron chi connectivity index (χ1n) is 6.90. The number of hydrogen-bond acceptors (Lipinski definition) is 6. The molecule has 1 aliphatic rings. The number of hydrogen-bond donors (Lipinski definition) is 2. The molecule has 1 fully saturated rings. The van der Waals surface area contributed by atoms with Crippen molar-refractivity contribution < 1.29 is 0 Å². The zero-order valence-electron chi connectivity index (χ0n) is 11.9. The van der Waals surface area contributed by atoms with Crippen LogP contribution in [-0.2, 0) is 0 Å². The maximum absolute atomic E-state index is 5.84. The van der Waals surface area contributed by atoms with Gasteiger partial charge < -0.3 is 10.6 Å². The molecule has 0 radical (unpaired) electrons. The van der Waals surface area contributed by atoms with Crippen molar-refractivity contribution in [3.63, 3.8) is 0 Å². The second-order valence-electron chi connectivity index (χ2n) is 5.73. The molecule has 0 atom stereocenters. The third kappa shape index (κ3) is 2.55. The van der Waals surface area contributed by atoms with E-state index < -0.39 is 0 Å². The number of aryl methyl sites for hydroxylation is 1. The Morgan fingerprint density at radius 2 is 2.20 bits per heavy atom. The lowest BCUT2D eigenvalue weighted by molar-refractivity contribution is 0.257. The van der Waals surface area contributed by atoms with Crippen molar-refractivity contribution in [2.24, 2.45) is 11.1 Å². The highest BCUT2D eigenvalue weighted by molar-refractivity contribution is 7.14. The molecule has 1 aliphatic heterocycles. The van der Waals surface area contributed by atoms with Crippen molar-refractivity contribution in [2.75, 3.05) is 24.5 Å². The molecule has 2 aromatic heterocycles. The lowest BCUT2D eigenvalue weighted by atomic mass is 9.81. The topological polar surface area (TPSA) is 83.7 Å². The molecule has 20 heavy (non-hydrogen) atoms. The van der Waals surface area contributed by atoms with E-state index in [4.69, 9.17) is 5.73 Å². The van der Waals surface area contributed by atoms with E-state index in [0.717, 1.165) is 54.1 Å². The van der Waals surface area contributed by atoms with Crippen molar-refractivity contribution in [3.8, 4) is 10.7 Å². The number of nitrogens with zero attached hydrogens (tertiary/aromatic N) is 4. The second kappa shape index (κ2) is 5.14. The molecule has 0 saturated carbocycles. The maximum atomic E-state index is 5.84.